The van der Waals surface area contributed by atoms with E-state index in [4.69, 9.17) is 4.74 Å². The van der Waals surface area contributed by atoms with Crippen LogP contribution in [0.5, 0.6) is 5.75 Å². The van der Waals surface area contributed by atoms with Crippen molar-refractivity contribution in [3.8, 4) is 5.75 Å². The maximum Gasteiger partial charge on any atom is 0.321 e. The molecule has 1 heterocycles. The quantitative estimate of drug-likeness (QED) is 0.634. The zero-order valence-electron chi connectivity index (χ0n) is 17.9. The van der Waals surface area contributed by atoms with Crippen molar-refractivity contribution in [2.24, 2.45) is 5.92 Å². The third-order valence-corrected chi connectivity index (χ3v) is 5.94. The van der Waals surface area contributed by atoms with Gasteiger partial charge in [-0.05, 0) is 79.5 Å². The topological polar surface area (TPSA) is 82.7 Å². The van der Waals surface area contributed by atoms with Crippen molar-refractivity contribution in [3.05, 3.63) is 54.1 Å². The fourth-order valence-electron chi connectivity index (χ4n) is 3.80. The Morgan fingerprint density at radius 1 is 0.903 bits per heavy atom. The minimum atomic E-state index is -0.250. The van der Waals surface area contributed by atoms with Crippen molar-refractivity contribution >= 4 is 23.4 Å². The van der Waals surface area contributed by atoms with E-state index in [1.54, 1.807) is 7.05 Å². The molecule has 0 aromatic heterocycles. The third kappa shape index (κ3) is 5.90. The number of carbonyl (C=O) groups excluding carboxylic acids is 2. The largest absolute Gasteiger partial charge is 0.493 e. The Morgan fingerprint density at radius 2 is 1.52 bits per heavy atom. The smallest absolute Gasteiger partial charge is 0.321 e. The van der Waals surface area contributed by atoms with E-state index in [2.05, 4.69) is 28.1 Å². The van der Waals surface area contributed by atoms with Crippen LogP contribution in [0.3, 0.4) is 0 Å². The van der Waals surface area contributed by atoms with Gasteiger partial charge in [-0.1, -0.05) is 12.1 Å². The molecule has 4 amide bonds. The fourth-order valence-corrected chi connectivity index (χ4v) is 3.80. The highest BCUT2D eigenvalue weighted by Crippen LogP contribution is 2.40. The van der Waals surface area contributed by atoms with Crippen LogP contribution in [0.4, 0.5) is 21.0 Å². The lowest BCUT2D eigenvalue weighted by atomic mass is 9.98. The second-order valence-corrected chi connectivity index (χ2v) is 8.30. The fraction of sp³-hybridized carbons (Fsp3) is 0.417. The van der Waals surface area contributed by atoms with Crippen LogP contribution in [-0.4, -0.2) is 43.7 Å². The highest BCUT2D eigenvalue weighted by molar-refractivity contribution is 5.89. The van der Waals surface area contributed by atoms with Gasteiger partial charge in [0.2, 0.25) is 0 Å². The molecule has 164 valence electrons. The molecule has 31 heavy (non-hydrogen) atoms. The minimum Gasteiger partial charge on any atom is -0.493 e. The molecule has 2 fully saturated rings. The molecule has 1 saturated heterocycles. The average molecular weight is 423 g/mol. The molecule has 1 aliphatic carbocycles. The van der Waals surface area contributed by atoms with E-state index < -0.39 is 0 Å². The standard InChI is InChI=1S/C24H30N4O3/c1-25-23(29)26-20-8-10-22(11-9-20)31-16-17-12-14-28(15-13-17)24(30)27-21-6-4-19(5-7-21)18-2-3-18/h4-11,17-18H,2-3,12-16H2,1H3,(H,27,30)(H2,25,26,29). The van der Waals surface area contributed by atoms with Gasteiger partial charge in [-0.15, -0.1) is 0 Å². The molecule has 0 spiro atoms. The number of nitrogens with zero attached hydrogens (tertiary/aromatic N) is 1. The number of anilines is 2. The van der Waals surface area contributed by atoms with E-state index in [9.17, 15) is 9.59 Å². The van der Waals surface area contributed by atoms with Gasteiger partial charge in [0.1, 0.15) is 5.75 Å². The SMILES string of the molecule is CNC(=O)Nc1ccc(OCC2CCN(C(=O)Nc3ccc(C4CC4)cc3)CC2)cc1. The van der Waals surface area contributed by atoms with Crippen molar-refractivity contribution in [2.75, 3.05) is 37.4 Å². The van der Waals surface area contributed by atoms with Gasteiger partial charge in [-0.25, -0.2) is 9.59 Å². The van der Waals surface area contributed by atoms with Crippen molar-refractivity contribution in [1.29, 1.82) is 0 Å². The molecule has 7 nitrogen and oxygen atoms in total. The van der Waals surface area contributed by atoms with Gasteiger partial charge in [-0.2, -0.15) is 0 Å². The van der Waals surface area contributed by atoms with Gasteiger partial charge in [0.25, 0.3) is 0 Å². The second-order valence-electron chi connectivity index (χ2n) is 8.30. The van der Waals surface area contributed by atoms with E-state index in [-0.39, 0.29) is 12.1 Å². The number of amides is 4. The van der Waals surface area contributed by atoms with Crippen molar-refractivity contribution < 1.29 is 14.3 Å². The van der Waals surface area contributed by atoms with Crippen LogP contribution in [0.2, 0.25) is 0 Å². The molecule has 0 bridgehead atoms. The van der Waals surface area contributed by atoms with Crippen molar-refractivity contribution in [2.45, 2.75) is 31.6 Å². The van der Waals surface area contributed by atoms with Gasteiger partial charge in [0, 0.05) is 31.5 Å². The summed E-state index contributed by atoms with van der Waals surface area (Å²) in [6.45, 7) is 2.09. The molecule has 2 aromatic carbocycles. The molecule has 1 aliphatic heterocycles. The van der Waals surface area contributed by atoms with E-state index in [1.807, 2.05) is 41.3 Å². The van der Waals surface area contributed by atoms with Gasteiger partial charge in [0.15, 0.2) is 0 Å². The summed E-state index contributed by atoms with van der Waals surface area (Å²) in [4.78, 5) is 25.8. The summed E-state index contributed by atoms with van der Waals surface area (Å²) in [5.41, 5.74) is 2.94. The highest BCUT2D eigenvalue weighted by atomic mass is 16.5. The first kappa shape index (κ1) is 21.0. The predicted octanol–water partition coefficient (Wildman–Crippen LogP) is 4.64. The minimum absolute atomic E-state index is 0.0299. The molecule has 7 heteroatoms. The van der Waals surface area contributed by atoms with Gasteiger partial charge < -0.3 is 25.6 Å². The van der Waals surface area contributed by atoms with Gasteiger partial charge in [-0.3, -0.25) is 0 Å². The molecule has 2 aromatic rings. The van der Waals surface area contributed by atoms with E-state index in [1.165, 1.54) is 18.4 Å². The van der Waals surface area contributed by atoms with Crippen LogP contribution in [0, 0.1) is 5.92 Å². The Balaban J connectivity index is 1.18. The Bertz CT molecular complexity index is 886. The van der Waals surface area contributed by atoms with Crippen LogP contribution in [0.1, 0.15) is 37.2 Å². The van der Waals surface area contributed by atoms with E-state index in [0.29, 0.717) is 18.2 Å². The molecule has 0 radical (unpaired) electrons. The van der Waals surface area contributed by atoms with Gasteiger partial charge >= 0.3 is 12.1 Å². The lowest BCUT2D eigenvalue weighted by molar-refractivity contribution is 0.152. The molecule has 0 atom stereocenters. The predicted molar refractivity (Wildman–Crippen MR) is 122 cm³/mol. The van der Waals surface area contributed by atoms with Crippen LogP contribution in [0.25, 0.3) is 0 Å². The first-order valence-corrected chi connectivity index (χ1v) is 11.0. The Kier molecular flexibility index (Phi) is 6.60. The van der Waals surface area contributed by atoms with Crippen LogP contribution in [0.15, 0.2) is 48.5 Å². The number of nitrogens with one attached hydrogen (secondary N) is 3. The van der Waals surface area contributed by atoms with Crippen molar-refractivity contribution in [1.82, 2.24) is 10.2 Å². The number of urea groups is 2. The zero-order chi connectivity index (χ0) is 21.6. The first-order valence-electron chi connectivity index (χ1n) is 11.0. The lowest BCUT2D eigenvalue weighted by Gasteiger charge is -2.32. The molecule has 1 saturated carbocycles. The first-order chi connectivity index (χ1) is 15.1. The molecule has 3 N–H and O–H groups in total. The molecular weight excluding hydrogens is 392 g/mol. The Morgan fingerprint density at radius 3 is 2.13 bits per heavy atom. The van der Waals surface area contributed by atoms with E-state index in [0.717, 1.165) is 43.3 Å². The summed E-state index contributed by atoms with van der Waals surface area (Å²) in [6, 6.07) is 15.3. The molecule has 0 unspecified atom stereocenters. The number of carbonyl (C=O) groups is 2. The lowest BCUT2D eigenvalue weighted by Crippen LogP contribution is -2.42. The number of rotatable bonds is 6. The van der Waals surface area contributed by atoms with Crippen LogP contribution in [-0.2, 0) is 0 Å². The molecular formula is C24H30N4O3. The summed E-state index contributed by atoms with van der Waals surface area (Å²) in [5, 5.41) is 8.25. The summed E-state index contributed by atoms with van der Waals surface area (Å²) in [6.07, 6.45) is 4.41. The maximum atomic E-state index is 12.6. The van der Waals surface area contributed by atoms with Gasteiger partial charge in [0.05, 0.1) is 6.61 Å². The number of hydrogen-bond acceptors (Lipinski definition) is 3. The second kappa shape index (κ2) is 9.73. The summed E-state index contributed by atoms with van der Waals surface area (Å²) >= 11 is 0. The maximum absolute atomic E-state index is 12.6. The monoisotopic (exact) mass is 422 g/mol. The molecule has 4 rings (SSSR count). The number of piperidine rings is 1. The van der Waals surface area contributed by atoms with E-state index >= 15 is 0 Å². The third-order valence-electron chi connectivity index (χ3n) is 5.94. The average Bonchev–Trinajstić information content (AvgIpc) is 3.65. The zero-order valence-corrected chi connectivity index (χ0v) is 17.9. The summed E-state index contributed by atoms with van der Waals surface area (Å²) in [5.74, 6) is 1.92. The number of ether oxygens (including phenoxy) is 1. The van der Waals surface area contributed by atoms with Crippen LogP contribution < -0.4 is 20.7 Å². The number of benzene rings is 2. The Labute approximate surface area is 183 Å². The number of hydrogen-bond donors (Lipinski definition) is 3. The molecule has 2 aliphatic rings. The highest BCUT2D eigenvalue weighted by Gasteiger charge is 2.25. The summed E-state index contributed by atoms with van der Waals surface area (Å²) < 4.78 is 5.91. The number of likely N-dealkylation sites (tertiary alicyclic amines) is 1. The Hall–Kier alpha value is -3.22. The summed E-state index contributed by atoms with van der Waals surface area (Å²) in [7, 11) is 1.58. The van der Waals surface area contributed by atoms with Crippen molar-refractivity contribution in [3.63, 3.8) is 0 Å². The van der Waals surface area contributed by atoms with Crippen LogP contribution >= 0.6 is 0 Å². The normalized spacial score (nSPS) is 16.5.